The molecule has 2 heterocycles. The molecule has 1 fully saturated rings. The molecule has 1 aliphatic heterocycles. The molecule has 4 nitrogen and oxygen atoms in total. The Kier molecular flexibility index (Phi) is 3.53. The van der Waals surface area contributed by atoms with Crippen LogP contribution in [0.3, 0.4) is 0 Å². The summed E-state index contributed by atoms with van der Waals surface area (Å²) in [4.78, 5) is 11.0. The van der Waals surface area contributed by atoms with E-state index in [1.165, 1.54) is 0 Å². The van der Waals surface area contributed by atoms with Gasteiger partial charge >= 0.3 is 0 Å². The van der Waals surface area contributed by atoms with Crippen molar-refractivity contribution in [3.8, 4) is 0 Å². The fourth-order valence-corrected chi connectivity index (χ4v) is 3.34. The molecule has 2 unspecified atom stereocenters. The molecule has 88 valence electrons. The fourth-order valence-electron chi connectivity index (χ4n) is 2.01. The predicted octanol–water partition coefficient (Wildman–Crippen LogP) is 1.85. The highest BCUT2D eigenvalue weighted by atomic mass is 32.2. The van der Waals surface area contributed by atoms with Gasteiger partial charge in [0, 0.05) is 36.8 Å². The van der Waals surface area contributed by atoms with E-state index in [2.05, 4.69) is 34.0 Å². The summed E-state index contributed by atoms with van der Waals surface area (Å²) < 4.78 is 0. The van der Waals surface area contributed by atoms with E-state index in [9.17, 15) is 0 Å². The Morgan fingerprint density at radius 3 is 2.69 bits per heavy atom. The van der Waals surface area contributed by atoms with Crippen LogP contribution in [0.1, 0.15) is 13.8 Å². The monoisotopic (exact) mass is 238 g/mol. The first-order valence-electron chi connectivity index (χ1n) is 5.60. The first kappa shape index (κ1) is 11.5. The molecule has 2 rings (SSSR count). The molecule has 1 saturated heterocycles. The van der Waals surface area contributed by atoms with Crippen molar-refractivity contribution >= 4 is 23.5 Å². The third kappa shape index (κ3) is 2.58. The Labute approximate surface area is 101 Å². The van der Waals surface area contributed by atoms with Crippen molar-refractivity contribution in [2.45, 2.75) is 24.3 Å². The number of thioether (sulfide) groups is 1. The van der Waals surface area contributed by atoms with Gasteiger partial charge in [0.15, 0.2) is 0 Å². The van der Waals surface area contributed by atoms with Crippen LogP contribution in [0, 0.1) is 0 Å². The van der Waals surface area contributed by atoms with Gasteiger partial charge in [0.05, 0.1) is 0 Å². The van der Waals surface area contributed by atoms with Crippen LogP contribution in [0.5, 0.6) is 0 Å². The summed E-state index contributed by atoms with van der Waals surface area (Å²) in [5, 5.41) is 4.30. The maximum Gasteiger partial charge on any atom is 0.224 e. The largest absolute Gasteiger partial charge is 0.357 e. The van der Waals surface area contributed by atoms with Gasteiger partial charge in [-0.05, 0) is 6.07 Å². The fraction of sp³-hybridized carbons (Fsp3) is 0.636. The minimum Gasteiger partial charge on any atom is -0.357 e. The molecule has 0 aromatic carbocycles. The van der Waals surface area contributed by atoms with Gasteiger partial charge in [-0.25, -0.2) is 4.98 Å². The van der Waals surface area contributed by atoms with E-state index in [-0.39, 0.29) is 0 Å². The van der Waals surface area contributed by atoms with Gasteiger partial charge in [-0.2, -0.15) is 16.7 Å². The number of hydrogen-bond acceptors (Lipinski definition) is 5. The SMILES string of the molecule is CNc1nccc(N2CC(C)SC(C)C2)n1. The van der Waals surface area contributed by atoms with Crippen molar-refractivity contribution in [2.24, 2.45) is 0 Å². The Balaban J connectivity index is 2.16. The zero-order valence-electron chi connectivity index (χ0n) is 9.97. The molecular formula is C11H18N4S. The van der Waals surface area contributed by atoms with Crippen LogP contribution < -0.4 is 10.2 Å². The maximum atomic E-state index is 4.48. The van der Waals surface area contributed by atoms with Gasteiger partial charge in [-0.1, -0.05) is 13.8 Å². The number of anilines is 2. The highest BCUT2D eigenvalue weighted by Gasteiger charge is 2.23. The number of nitrogens with zero attached hydrogens (tertiary/aromatic N) is 3. The Morgan fingerprint density at radius 2 is 2.06 bits per heavy atom. The van der Waals surface area contributed by atoms with E-state index in [1.54, 1.807) is 0 Å². The summed E-state index contributed by atoms with van der Waals surface area (Å²) in [6, 6.07) is 1.98. The zero-order valence-corrected chi connectivity index (χ0v) is 10.8. The average Bonchev–Trinajstić information content (AvgIpc) is 2.28. The van der Waals surface area contributed by atoms with Crippen molar-refractivity contribution in [1.29, 1.82) is 0 Å². The Bertz CT molecular complexity index is 348. The van der Waals surface area contributed by atoms with Crippen LogP contribution in [0.15, 0.2) is 12.3 Å². The number of nitrogens with one attached hydrogen (secondary N) is 1. The van der Waals surface area contributed by atoms with Crippen LogP contribution in [0.4, 0.5) is 11.8 Å². The van der Waals surface area contributed by atoms with Crippen molar-refractivity contribution in [3.05, 3.63) is 12.3 Å². The van der Waals surface area contributed by atoms with Gasteiger partial charge in [-0.3, -0.25) is 0 Å². The van der Waals surface area contributed by atoms with E-state index in [1.807, 2.05) is 31.1 Å². The lowest BCUT2D eigenvalue weighted by molar-refractivity contribution is 0.717. The first-order valence-corrected chi connectivity index (χ1v) is 6.54. The van der Waals surface area contributed by atoms with Gasteiger partial charge in [0.2, 0.25) is 5.95 Å². The molecule has 2 atom stereocenters. The summed E-state index contributed by atoms with van der Waals surface area (Å²) >= 11 is 2.05. The lowest BCUT2D eigenvalue weighted by Gasteiger charge is -2.35. The normalized spacial score (nSPS) is 25.6. The van der Waals surface area contributed by atoms with Crippen LogP contribution >= 0.6 is 11.8 Å². The number of aromatic nitrogens is 2. The summed E-state index contributed by atoms with van der Waals surface area (Å²) in [6.45, 7) is 6.67. The Hall–Kier alpha value is -0.970. The molecule has 0 amide bonds. The first-order chi connectivity index (χ1) is 7.69. The number of hydrogen-bond donors (Lipinski definition) is 1. The van der Waals surface area contributed by atoms with Crippen molar-refractivity contribution in [2.75, 3.05) is 30.4 Å². The third-order valence-corrected chi connectivity index (χ3v) is 3.84. The van der Waals surface area contributed by atoms with Crippen molar-refractivity contribution in [3.63, 3.8) is 0 Å². The van der Waals surface area contributed by atoms with Crippen LogP contribution in [-0.4, -0.2) is 40.6 Å². The molecule has 1 aliphatic rings. The minimum absolute atomic E-state index is 0.664. The molecule has 0 saturated carbocycles. The van der Waals surface area contributed by atoms with E-state index in [4.69, 9.17) is 0 Å². The standard InChI is InChI=1S/C11H18N4S/c1-8-6-15(7-9(2)16-8)10-4-5-13-11(12-3)14-10/h4-5,8-9H,6-7H2,1-3H3,(H,12,13,14). The summed E-state index contributed by atoms with van der Waals surface area (Å²) in [5.41, 5.74) is 0. The molecular weight excluding hydrogens is 220 g/mol. The summed E-state index contributed by atoms with van der Waals surface area (Å²) in [7, 11) is 1.84. The van der Waals surface area contributed by atoms with Gasteiger partial charge in [0.1, 0.15) is 5.82 Å². The lowest BCUT2D eigenvalue weighted by Crippen LogP contribution is -2.40. The van der Waals surface area contributed by atoms with Crippen LogP contribution in [-0.2, 0) is 0 Å². The van der Waals surface area contributed by atoms with E-state index in [0.29, 0.717) is 16.4 Å². The topological polar surface area (TPSA) is 41.1 Å². The third-order valence-electron chi connectivity index (χ3n) is 2.61. The molecule has 1 aromatic rings. The van der Waals surface area contributed by atoms with E-state index < -0.39 is 0 Å². The molecule has 0 bridgehead atoms. The van der Waals surface area contributed by atoms with Crippen LogP contribution in [0.2, 0.25) is 0 Å². The Morgan fingerprint density at radius 1 is 1.38 bits per heavy atom. The molecule has 1 N–H and O–H groups in total. The van der Waals surface area contributed by atoms with Crippen molar-refractivity contribution < 1.29 is 0 Å². The second kappa shape index (κ2) is 4.91. The quantitative estimate of drug-likeness (QED) is 0.851. The molecule has 5 heteroatoms. The zero-order chi connectivity index (χ0) is 11.5. The highest BCUT2D eigenvalue weighted by Crippen LogP contribution is 2.27. The summed E-state index contributed by atoms with van der Waals surface area (Å²) in [6.07, 6.45) is 1.81. The molecule has 1 aromatic heterocycles. The smallest absolute Gasteiger partial charge is 0.224 e. The molecule has 16 heavy (non-hydrogen) atoms. The predicted molar refractivity (Wildman–Crippen MR) is 70.3 cm³/mol. The van der Waals surface area contributed by atoms with Gasteiger partial charge < -0.3 is 10.2 Å². The van der Waals surface area contributed by atoms with Crippen molar-refractivity contribution in [1.82, 2.24) is 9.97 Å². The molecule has 0 radical (unpaired) electrons. The van der Waals surface area contributed by atoms with E-state index >= 15 is 0 Å². The lowest BCUT2D eigenvalue weighted by atomic mass is 10.3. The molecule has 0 aliphatic carbocycles. The van der Waals surface area contributed by atoms with E-state index in [0.717, 1.165) is 18.9 Å². The van der Waals surface area contributed by atoms with Crippen LogP contribution in [0.25, 0.3) is 0 Å². The van der Waals surface area contributed by atoms with Gasteiger partial charge in [-0.15, -0.1) is 0 Å². The minimum atomic E-state index is 0.664. The second-order valence-electron chi connectivity index (χ2n) is 4.15. The van der Waals surface area contributed by atoms with Gasteiger partial charge in [0.25, 0.3) is 0 Å². The average molecular weight is 238 g/mol. The number of rotatable bonds is 2. The molecule has 0 spiro atoms. The highest BCUT2D eigenvalue weighted by molar-refractivity contribution is 8.00. The maximum absolute atomic E-state index is 4.48. The second-order valence-corrected chi connectivity index (χ2v) is 6.03. The summed E-state index contributed by atoms with van der Waals surface area (Å²) in [5.74, 6) is 1.72.